The fraction of sp³-hybridized carbons (Fsp3) is 0.250. The molecular formula is C24H29N5O5S. The van der Waals surface area contributed by atoms with Crippen molar-refractivity contribution in [2.75, 3.05) is 0 Å². The number of nitrogens with zero attached hydrogens (tertiary/aromatic N) is 4. The van der Waals surface area contributed by atoms with Crippen LogP contribution in [0.15, 0.2) is 58.3 Å². The van der Waals surface area contributed by atoms with Crippen molar-refractivity contribution in [3.63, 3.8) is 0 Å². The zero-order valence-electron chi connectivity index (χ0n) is 19.6. The molecule has 3 aromatic heterocycles. The van der Waals surface area contributed by atoms with Crippen molar-refractivity contribution in [3.8, 4) is 16.5 Å². The summed E-state index contributed by atoms with van der Waals surface area (Å²) < 4.78 is 12.2. The summed E-state index contributed by atoms with van der Waals surface area (Å²) in [5.41, 5.74) is 4.10. The summed E-state index contributed by atoms with van der Waals surface area (Å²) in [6, 6.07) is 16.0. The lowest BCUT2D eigenvalue weighted by Gasteiger charge is -2.13. The summed E-state index contributed by atoms with van der Waals surface area (Å²) in [6.07, 6.45) is 0.602. The Morgan fingerprint density at radius 1 is 1.00 bits per heavy atom. The van der Waals surface area contributed by atoms with Crippen LogP contribution in [0, 0.1) is 0 Å². The maximum Gasteiger partial charge on any atom is 0.178 e. The highest BCUT2D eigenvalue weighted by atomic mass is 32.1. The standard InChI is InChI=1S/C24H23N5O2S.3H2O/c1-24(2,3)21-14-32-23(25-21)20-11-17-10-18(8-9-19(17)31-20)30-13-16-7-5-4-6-15(16)12-22-26-28-29-27-22;;;/h4-11,14H,12-13H2,1-3H3,(H,26,27,28,29);3*1H2. The molecule has 0 aliphatic heterocycles. The molecule has 3 heterocycles. The van der Waals surface area contributed by atoms with Crippen molar-refractivity contribution in [2.24, 2.45) is 0 Å². The predicted octanol–water partition coefficient (Wildman–Crippen LogP) is 3.06. The molecule has 0 aliphatic rings. The van der Waals surface area contributed by atoms with E-state index in [0.29, 0.717) is 18.9 Å². The van der Waals surface area contributed by atoms with Crippen LogP contribution in [0.2, 0.25) is 0 Å². The maximum absolute atomic E-state index is 6.10. The lowest BCUT2D eigenvalue weighted by atomic mass is 9.93. The van der Waals surface area contributed by atoms with E-state index in [1.54, 1.807) is 11.3 Å². The van der Waals surface area contributed by atoms with E-state index in [1.165, 1.54) is 0 Å². The van der Waals surface area contributed by atoms with Crippen LogP contribution in [0.5, 0.6) is 5.75 Å². The second-order valence-electron chi connectivity index (χ2n) is 8.66. The van der Waals surface area contributed by atoms with E-state index in [-0.39, 0.29) is 21.8 Å². The fourth-order valence-electron chi connectivity index (χ4n) is 3.41. The van der Waals surface area contributed by atoms with Crippen molar-refractivity contribution >= 4 is 22.3 Å². The Balaban J connectivity index is 0.00000144. The number of furan rings is 1. The van der Waals surface area contributed by atoms with Crippen molar-refractivity contribution in [1.29, 1.82) is 0 Å². The Morgan fingerprint density at radius 2 is 1.77 bits per heavy atom. The van der Waals surface area contributed by atoms with Gasteiger partial charge in [-0.3, -0.25) is 0 Å². The molecule has 0 saturated heterocycles. The van der Waals surface area contributed by atoms with E-state index < -0.39 is 0 Å². The molecule has 0 spiro atoms. The maximum atomic E-state index is 6.10. The lowest BCUT2D eigenvalue weighted by molar-refractivity contribution is 0.305. The molecule has 0 amide bonds. The van der Waals surface area contributed by atoms with Gasteiger partial charge >= 0.3 is 0 Å². The highest BCUT2D eigenvalue weighted by Gasteiger charge is 2.19. The van der Waals surface area contributed by atoms with Crippen molar-refractivity contribution in [3.05, 3.63) is 76.6 Å². The van der Waals surface area contributed by atoms with Gasteiger partial charge in [-0.2, -0.15) is 5.21 Å². The van der Waals surface area contributed by atoms with Gasteiger partial charge in [0.25, 0.3) is 0 Å². The largest absolute Gasteiger partial charge is 0.489 e. The van der Waals surface area contributed by atoms with Gasteiger partial charge in [0.05, 0.1) is 5.69 Å². The first-order chi connectivity index (χ1) is 15.5. The molecule has 0 aliphatic carbocycles. The van der Waals surface area contributed by atoms with Gasteiger partial charge in [-0.05, 0) is 35.4 Å². The van der Waals surface area contributed by atoms with Crippen LogP contribution in [0.3, 0.4) is 0 Å². The summed E-state index contributed by atoms with van der Waals surface area (Å²) in [6.45, 7) is 6.93. The number of ether oxygens (including phenoxy) is 1. The number of H-pyrrole nitrogens is 1. The molecule has 2 aromatic carbocycles. The molecule has 35 heavy (non-hydrogen) atoms. The average Bonchev–Trinajstić information content (AvgIpc) is 3.52. The van der Waals surface area contributed by atoms with Crippen molar-refractivity contribution < 1.29 is 25.6 Å². The number of rotatable bonds is 6. The van der Waals surface area contributed by atoms with Gasteiger partial charge in [0, 0.05) is 22.6 Å². The van der Waals surface area contributed by atoms with E-state index >= 15 is 0 Å². The van der Waals surface area contributed by atoms with E-state index in [9.17, 15) is 0 Å². The van der Waals surface area contributed by atoms with E-state index in [0.717, 1.165) is 44.3 Å². The Morgan fingerprint density at radius 3 is 2.46 bits per heavy atom. The van der Waals surface area contributed by atoms with Crippen LogP contribution in [-0.4, -0.2) is 42.0 Å². The fourth-order valence-corrected chi connectivity index (χ4v) is 4.40. The third-order valence-electron chi connectivity index (χ3n) is 5.22. The van der Waals surface area contributed by atoms with Gasteiger partial charge < -0.3 is 25.6 Å². The van der Waals surface area contributed by atoms with Gasteiger partial charge in [-0.15, -0.1) is 21.5 Å². The molecular weight excluding hydrogens is 470 g/mol. The predicted molar refractivity (Wildman–Crippen MR) is 135 cm³/mol. The molecule has 186 valence electrons. The quantitative estimate of drug-likeness (QED) is 0.374. The first kappa shape index (κ1) is 27.6. The molecule has 10 nitrogen and oxygen atoms in total. The molecule has 0 saturated carbocycles. The average molecular weight is 500 g/mol. The van der Waals surface area contributed by atoms with Gasteiger partial charge in [0.15, 0.2) is 16.6 Å². The Bertz CT molecular complexity index is 1360. The SMILES string of the molecule is CC(C)(C)c1csc(-c2cc3cc(OCc4ccccc4Cc4nn[nH]n4)ccc3o2)n1.O.O.O. The highest BCUT2D eigenvalue weighted by Crippen LogP contribution is 2.34. The number of thiazole rings is 1. The normalized spacial score (nSPS) is 10.8. The minimum atomic E-state index is 0. The van der Waals surface area contributed by atoms with E-state index in [4.69, 9.17) is 14.1 Å². The van der Waals surface area contributed by atoms with Crippen LogP contribution >= 0.6 is 11.3 Å². The Kier molecular flexibility index (Phi) is 8.83. The van der Waals surface area contributed by atoms with E-state index in [1.807, 2.05) is 36.4 Å². The van der Waals surface area contributed by atoms with Gasteiger partial charge in [-0.1, -0.05) is 50.3 Å². The minimum absolute atomic E-state index is 0. The lowest BCUT2D eigenvalue weighted by Crippen LogP contribution is -2.11. The Hall–Kier alpha value is -3.64. The molecule has 5 aromatic rings. The van der Waals surface area contributed by atoms with Gasteiger partial charge in [0.2, 0.25) is 0 Å². The molecule has 5 rings (SSSR count). The van der Waals surface area contributed by atoms with Gasteiger partial charge in [-0.25, -0.2) is 4.98 Å². The van der Waals surface area contributed by atoms with Crippen LogP contribution in [0.4, 0.5) is 0 Å². The first-order valence-corrected chi connectivity index (χ1v) is 11.3. The topological polar surface area (TPSA) is 184 Å². The number of hydrogen-bond donors (Lipinski definition) is 1. The number of benzene rings is 2. The summed E-state index contributed by atoms with van der Waals surface area (Å²) in [5, 5.41) is 18.2. The van der Waals surface area contributed by atoms with Crippen LogP contribution in [0.1, 0.15) is 43.4 Å². The molecule has 0 unspecified atom stereocenters. The zero-order valence-corrected chi connectivity index (χ0v) is 20.4. The molecule has 11 heteroatoms. The smallest absolute Gasteiger partial charge is 0.178 e. The zero-order chi connectivity index (χ0) is 22.1. The molecule has 0 radical (unpaired) electrons. The highest BCUT2D eigenvalue weighted by molar-refractivity contribution is 7.13. The van der Waals surface area contributed by atoms with Crippen molar-refractivity contribution in [2.45, 2.75) is 39.2 Å². The summed E-state index contributed by atoms with van der Waals surface area (Å²) in [7, 11) is 0. The van der Waals surface area contributed by atoms with Crippen LogP contribution in [0.25, 0.3) is 21.7 Å². The number of nitrogens with one attached hydrogen (secondary N) is 1. The summed E-state index contributed by atoms with van der Waals surface area (Å²) >= 11 is 1.61. The number of tetrazole rings is 1. The molecule has 0 atom stereocenters. The van der Waals surface area contributed by atoms with E-state index in [2.05, 4.69) is 58.9 Å². The number of aromatic nitrogens is 5. The third-order valence-corrected chi connectivity index (χ3v) is 6.08. The Labute approximate surface area is 205 Å². The number of hydrogen-bond acceptors (Lipinski definition) is 7. The number of fused-ring (bicyclic) bond motifs is 1. The second kappa shape index (κ2) is 11.2. The monoisotopic (exact) mass is 499 g/mol. The molecule has 7 N–H and O–H groups in total. The van der Waals surface area contributed by atoms with Crippen LogP contribution < -0.4 is 4.74 Å². The first-order valence-electron chi connectivity index (χ1n) is 10.4. The second-order valence-corrected chi connectivity index (χ2v) is 9.52. The third kappa shape index (κ3) is 6.08. The molecule has 0 bridgehead atoms. The summed E-state index contributed by atoms with van der Waals surface area (Å²) in [4.78, 5) is 4.76. The van der Waals surface area contributed by atoms with Crippen LogP contribution in [-0.2, 0) is 18.4 Å². The minimum Gasteiger partial charge on any atom is -0.489 e. The van der Waals surface area contributed by atoms with Crippen molar-refractivity contribution in [1.82, 2.24) is 25.6 Å². The number of aromatic amines is 1. The summed E-state index contributed by atoms with van der Waals surface area (Å²) in [5.74, 6) is 2.22. The molecule has 0 fully saturated rings. The van der Waals surface area contributed by atoms with Gasteiger partial charge in [0.1, 0.15) is 17.9 Å².